The standard InChI is InChI=1S/C15H15NOS/c1-16(2)15(17)18-14-10-6-9-13(11-14)12-7-4-3-5-8-12/h3-11H,1-2H3. The summed E-state index contributed by atoms with van der Waals surface area (Å²) in [6.45, 7) is 0. The highest BCUT2D eigenvalue weighted by Crippen LogP contribution is 2.26. The molecule has 0 aliphatic carbocycles. The van der Waals surface area contributed by atoms with Gasteiger partial charge in [-0.25, -0.2) is 0 Å². The first-order valence-electron chi connectivity index (χ1n) is 5.71. The maximum Gasteiger partial charge on any atom is 0.285 e. The minimum Gasteiger partial charge on any atom is -0.339 e. The first-order valence-corrected chi connectivity index (χ1v) is 6.53. The van der Waals surface area contributed by atoms with Crippen molar-refractivity contribution in [2.75, 3.05) is 14.1 Å². The Morgan fingerprint density at radius 2 is 1.61 bits per heavy atom. The van der Waals surface area contributed by atoms with Crippen LogP contribution in [0, 0.1) is 0 Å². The van der Waals surface area contributed by atoms with Crippen LogP contribution in [0.4, 0.5) is 4.79 Å². The second kappa shape index (κ2) is 5.74. The van der Waals surface area contributed by atoms with Crippen molar-refractivity contribution in [1.29, 1.82) is 0 Å². The maximum absolute atomic E-state index is 11.6. The third-order valence-corrected chi connectivity index (χ3v) is 3.54. The lowest BCUT2D eigenvalue weighted by Gasteiger charge is -2.10. The molecule has 0 saturated carbocycles. The lowest BCUT2D eigenvalue weighted by Crippen LogP contribution is -2.15. The predicted octanol–water partition coefficient (Wildman–Crippen LogP) is 4.13. The Bertz CT molecular complexity index is 537. The molecule has 0 atom stereocenters. The molecule has 0 aliphatic heterocycles. The largest absolute Gasteiger partial charge is 0.339 e. The van der Waals surface area contributed by atoms with Crippen LogP contribution in [0.15, 0.2) is 59.5 Å². The highest BCUT2D eigenvalue weighted by Gasteiger charge is 2.07. The number of hydrogen-bond donors (Lipinski definition) is 0. The van der Waals surface area contributed by atoms with Crippen molar-refractivity contribution in [2.45, 2.75) is 4.90 Å². The number of nitrogens with zero attached hydrogens (tertiary/aromatic N) is 1. The Kier molecular flexibility index (Phi) is 4.05. The van der Waals surface area contributed by atoms with E-state index in [0.29, 0.717) is 0 Å². The zero-order valence-electron chi connectivity index (χ0n) is 10.5. The van der Waals surface area contributed by atoms with Crippen LogP contribution in [0.25, 0.3) is 11.1 Å². The van der Waals surface area contributed by atoms with Gasteiger partial charge in [-0.3, -0.25) is 4.79 Å². The molecule has 2 aromatic rings. The van der Waals surface area contributed by atoms with E-state index in [-0.39, 0.29) is 5.24 Å². The van der Waals surface area contributed by atoms with Crippen molar-refractivity contribution in [3.63, 3.8) is 0 Å². The molecule has 0 aliphatic rings. The second-order valence-corrected chi connectivity index (χ2v) is 5.18. The van der Waals surface area contributed by atoms with Crippen molar-refractivity contribution in [2.24, 2.45) is 0 Å². The number of carbonyl (C=O) groups excluding carboxylic acids is 1. The lowest BCUT2D eigenvalue weighted by atomic mass is 10.1. The van der Waals surface area contributed by atoms with Gasteiger partial charge in [-0.05, 0) is 35.0 Å². The highest BCUT2D eigenvalue weighted by molar-refractivity contribution is 8.13. The Balaban J connectivity index is 2.23. The average Bonchev–Trinajstić information content (AvgIpc) is 2.40. The summed E-state index contributed by atoms with van der Waals surface area (Å²) in [4.78, 5) is 14.2. The van der Waals surface area contributed by atoms with Gasteiger partial charge in [0.2, 0.25) is 0 Å². The van der Waals surface area contributed by atoms with Gasteiger partial charge in [0.25, 0.3) is 5.24 Å². The van der Waals surface area contributed by atoms with Gasteiger partial charge in [0, 0.05) is 19.0 Å². The lowest BCUT2D eigenvalue weighted by molar-refractivity contribution is 0.241. The quantitative estimate of drug-likeness (QED) is 0.754. The minimum absolute atomic E-state index is 0.0419. The van der Waals surface area contributed by atoms with Crippen LogP contribution < -0.4 is 0 Å². The van der Waals surface area contributed by atoms with Crippen LogP contribution in [-0.2, 0) is 0 Å². The highest BCUT2D eigenvalue weighted by atomic mass is 32.2. The van der Waals surface area contributed by atoms with Gasteiger partial charge in [0.1, 0.15) is 0 Å². The maximum atomic E-state index is 11.6. The van der Waals surface area contributed by atoms with E-state index in [9.17, 15) is 4.79 Å². The fourth-order valence-corrected chi connectivity index (χ4v) is 2.28. The molecule has 0 fully saturated rings. The summed E-state index contributed by atoms with van der Waals surface area (Å²) < 4.78 is 0. The molecule has 0 spiro atoms. The molecule has 0 radical (unpaired) electrons. The molecule has 92 valence electrons. The van der Waals surface area contributed by atoms with Crippen molar-refractivity contribution in [3.8, 4) is 11.1 Å². The first kappa shape index (κ1) is 12.7. The summed E-state index contributed by atoms with van der Waals surface area (Å²) in [6, 6.07) is 18.2. The van der Waals surface area contributed by atoms with Gasteiger partial charge >= 0.3 is 0 Å². The van der Waals surface area contributed by atoms with Gasteiger partial charge in [-0.15, -0.1) is 0 Å². The van der Waals surface area contributed by atoms with Gasteiger partial charge in [-0.2, -0.15) is 0 Å². The monoisotopic (exact) mass is 257 g/mol. The summed E-state index contributed by atoms with van der Waals surface area (Å²) in [7, 11) is 3.52. The van der Waals surface area contributed by atoms with Crippen LogP contribution >= 0.6 is 11.8 Å². The molecule has 2 nitrogen and oxygen atoms in total. The van der Waals surface area contributed by atoms with Crippen LogP contribution in [0.3, 0.4) is 0 Å². The van der Waals surface area contributed by atoms with E-state index in [1.165, 1.54) is 11.8 Å². The third-order valence-electron chi connectivity index (χ3n) is 2.51. The summed E-state index contributed by atoms with van der Waals surface area (Å²) in [6.07, 6.45) is 0. The molecule has 18 heavy (non-hydrogen) atoms. The molecule has 1 amide bonds. The molecule has 2 aromatic carbocycles. The van der Waals surface area contributed by atoms with Crippen molar-refractivity contribution in [3.05, 3.63) is 54.6 Å². The normalized spacial score (nSPS) is 10.1. The Labute approximate surface area is 112 Å². The minimum atomic E-state index is 0.0419. The smallest absolute Gasteiger partial charge is 0.285 e. The molecule has 2 rings (SSSR count). The SMILES string of the molecule is CN(C)C(=O)Sc1cccc(-c2ccccc2)c1. The van der Waals surface area contributed by atoms with Crippen molar-refractivity contribution < 1.29 is 4.79 Å². The van der Waals surface area contributed by atoms with E-state index >= 15 is 0 Å². The van der Waals surface area contributed by atoms with Crippen LogP contribution in [-0.4, -0.2) is 24.2 Å². The van der Waals surface area contributed by atoms with E-state index in [4.69, 9.17) is 0 Å². The predicted molar refractivity (Wildman–Crippen MR) is 76.8 cm³/mol. The third kappa shape index (κ3) is 3.14. The molecule has 0 saturated heterocycles. The van der Waals surface area contributed by atoms with E-state index in [1.807, 2.05) is 36.4 Å². The van der Waals surface area contributed by atoms with E-state index in [2.05, 4.69) is 18.2 Å². The van der Waals surface area contributed by atoms with E-state index in [0.717, 1.165) is 16.0 Å². The zero-order chi connectivity index (χ0) is 13.0. The first-order chi connectivity index (χ1) is 8.66. The summed E-state index contributed by atoms with van der Waals surface area (Å²) in [5.74, 6) is 0. The van der Waals surface area contributed by atoms with Crippen LogP contribution in [0.1, 0.15) is 0 Å². The fourth-order valence-electron chi connectivity index (χ4n) is 1.56. The van der Waals surface area contributed by atoms with Crippen LogP contribution in [0.2, 0.25) is 0 Å². The topological polar surface area (TPSA) is 20.3 Å². The van der Waals surface area contributed by atoms with Gasteiger partial charge in [-0.1, -0.05) is 42.5 Å². The molecule has 3 heteroatoms. The van der Waals surface area contributed by atoms with Gasteiger partial charge in [0.05, 0.1) is 0 Å². The van der Waals surface area contributed by atoms with Gasteiger partial charge < -0.3 is 4.90 Å². The van der Waals surface area contributed by atoms with Gasteiger partial charge in [0.15, 0.2) is 0 Å². The van der Waals surface area contributed by atoms with E-state index < -0.39 is 0 Å². The Hall–Kier alpha value is -1.74. The Morgan fingerprint density at radius 1 is 0.944 bits per heavy atom. The van der Waals surface area contributed by atoms with Crippen LogP contribution in [0.5, 0.6) is 0 Å². The molecule has 0 heterocycles. The molecule has 0 bridgehead atoms. The average molecular weight is 257 g/mol. The number of benzene rings is 2. The zero-order valence-corrected chi connectivity index (χ0v) is 11.3. The number of thioether (sulfide) groups is 1. The molecular weight excluding hydrogens is 242 g/mol. The Morgan fingerprint density at radius 3 is 2.28 bits per heavy atom. The number of rotatable bonds is 2. The number of amides is 1. The molecule has 0 unspecified atom stereocenters. The molecule has 0 N–H and O–H groups in total. The van der Waals surface area contributed by atoms with Crippen molar-refractivity contribution in [1.82, 2.24) is 4.90 Å². The second-order valence-electron chi connectivity index (χ2n) is 4.16. The summed E-state index contributed by atoms with van der Waals surface area (Å²) in [5.41, 5.74) is 2.30. The molecule has 0 aromatic heterocycles. The number of hydrogen-bond acceptors (Lipinski definition) is 2. The van der Waals surface area contributed by atoms with Crippen molar-refractivity contribution >= 4 is 17.0 Å². The summed E-state index contributed by atoms with van der Waals surface area (Å²) in [5, 5.41) is 0.0419. The number of carbonyl (C=O) groups is 1. The van der Waals surface area contributed by atoms with E-state index in [1.54, 1.807) is 19.0 Å². The summed E-state index contributed by atoms with van der Waals surface area (Å²) >= 11 is 1.25. The molecular formula is C15H15NOS. The fraction of sp³-hybridized carbons (Fsp3) is 0.133.